The predicted molar refractivity (Wildman–Crippen MR) is 114 cm³/mol. The molecular weight excluding hydrogens is 433 g/mol. The SMILES string of the molecule is CCOC(=O)c1cccc(Nc2ncnc(Nc3ccc(Cl)cc3Cl)c2[N+](=O)[O-])c1. The predicted octanol–water partition coefficient (Wildman–Crippen LogP) is 5.36. The summed E-state index contributed by atoms with van der Waals surface area (Å²) in [6.45, 7) is 1.93. The number of hydrogen-bond acceptors (Lipinski definition) is 8. The summed E-state index contributed by atoms with van der Waals surface area (Å²) in [6.07, 6.45) is 1.16. The van der Waals surface area contributed by atoms with Gasteiger partial charge in [-0.05, 0) is 43.3 Å². The van der Waals surface area contributed by atoms with Crippen molar-refractivity contribution in [1.29, 1.82) is 0 Å². The van der Waals surface area contributed by atoms with E-state index in [9.17, 15) is 14.9 Å². The van der Waals surface area contributed by atoms with Crippen molar-refractivity contribution in [3.63, 3.8) is 0 Å². The van der Waals surface area contributed by atoms with Gasteiger partial charge in [-0.3, -0.25) is 10.1 Å². The Morgan fingerprint density at radius 1 is 1.13 bits per heavy atom. The summed E-state index contributed by atoms with van der Waals surface area (Å²) in [5.74, 6) is -0.634. The normalized spacial score (nSPS) is 10.4. The lowest BCUT2D eigenvalue weighted by atomic mass is 10.2. The van der Waals surface area contributed by atoms with E-state index in [-0.39, 0.29) is 23.3 Å². The monoisotopic (exact) mass is 447 g/mol. The van der Waals surface area contributed by atoms with Crippen LogP contribution in [0.5, 0.6) is 0 Å². The standard InChI is InChI=1S/C19H15Cl2N5O4/c1-2-30-19(27)11-4-3-5-13(8-11)24-17-16(26(28)29)18(23-10-22-17)25-15-7-6-12(20)9-14(15)21/h3-10H,2H2,1H3,(H2,22,23,24,25). The van der Waals surface area contributed by atoms with Gasteiger partial charge in [0.2, 0.25) is 11.6 Å². The van der Waals surface area contributed by atoms with Crippen LogP contribution in [0.2, 0.25) is 10.0 Å². The van der Waals surface area contributed by atoms with Gasteiger partial charge >= 0.3 is 11.7 Å². The van der Waals surface area contributed by atoms with Crippen molar-refractivity contribution in [2.24, 2.45) is 0 Å². The number of esters is 1. The molecule has 0 saturated heterocycles. The minimum atomic E-state index is -0.621. The first-order chi connectivity index (χ1) is 14.4. The molecule has 0 radical (unpaired) electrons. The van der Waals surface area contributed by atoms with E-state index in [0.717, 1.165) is 6.33 Å². The molecule has 9 nitrogen and oxygen atoms in total. The van der Waals surface area contributed by atoms with Gasteiger partial charge in [0.15, 0.2) is 0 Å². The van der Waals surface area contributed by atoms with E-state index in [4.69, 9.17) is 27.9 Å². The smallest absolute Gasteiger partial charge is 0.353 e. The second-order valence-electron chi connectivity index (χ2n) is 5.85. The highest BCUT2D eigenvalue weighted by Crippen LogP contribution is 2.35. The highest BCUT2D eigenvalue weighted by atomic mass is 35.5. The van der Waals surface area contributed by atoms with E-state index in [1.54, 1.807) is 37.3 Å². The quantitative estimate of drug-likeness (QED) is 0.282. The molecular formula is C19H15Cl2N5O4. The number of nitrogens with one attached hydrogen (secondary N) is 2. The lowest BCUT2D eigenvalue weighted by Gasteiger charge is -2.11. The van der Waals surface area contributed by atoms with Crippen molar-refractivity contribution in [3.8, 4) is 0 Å². The van der Waals surface area contributed by atoms with Crippen LogP contribution in [-0.2, 0) is 4.74 Å². The molecule has 3 aromatic rings. The number of anilines is 4. The van der Waals surface area contributed by atoms with E-state index >= 15 is 0 Å². The largest absolute Gasteiger partial charge is 0.462 e. The zero-order valence-corrected chi connectivity index (χ0v) is 17.1. The van der Waals surface area contributed by atoms with Gasteiger partial charge in [0, 0.05) is 10.7 Å². The number of benzene rings is 2. The maximum Gasteiger partial charge on any atom is 0.353 e. The molecule has 0 fully saturated rings. The summed E-state index contributed by atoms with van der Waals surface area (Å²) in [5, 5.41) is 18.1. The molecule has 154 valence electrons. The van der Waals surface area contributed by atoms with Gasteiger partial charge in [-0.25, -0.2) is 14.8 Å². The first-order valence-electron chi connectivity index (χ1n) is 8.64. The minimum Gasteiger partial charge on any atom is -0.462 e. The number of carbonyl (C=O) groups is 1. The fraction of sp³-hybridized carbons (Fsp3) is 0.105. The van der Waals surface area contributed by atoms with Gasteiger partial charge in [-0.1, -0.05) is 29.3 Å². The molecule has 11 heteroatoms. The molecule has 0 aliphatic heterocycles. The van der Waals surface area contributed by atoms with Gasteiger partial charge in [0.1, 0.15) is 6.33 Å². The van der Waals surface area contributed by atoms with E-state index < -0.39 is 16.6 Å². The summed E-state index contributed by atoms with van der Waals surface area (Å²) in [5.41, 5.74) is 0.700. The van der Waals surface area contributed by atoms with E-state index in [2.05, 4.69) is 20.6 Å². The van der Waals surface area contributed by atoms with Crippen molar-refractivity contribution in [3.05, 3.63) is 74.5 Å². The molecule has 0 amide bonds. The van der Waals surface area contributed by atoms with Gasteiger partial charge in [0.25, 0.3) is 0 Å². The minimum absolute atomic E-state index is 0.0661. The van der Waals surface area contributed by atoms with Crippen LogP contribution < -0.4 is 10.6 Å². The number of hydrogen-bond donors (Lipinski definition) is 2. The van der Waals surface area contributed by atoms with Crippen LogP contribution in [0.25, 0.3) is 0 Å². The Labute approximate surface area is 181 Å². The zero-order chi connectivity index (χ0) is 21.7. The molecule has 1 heterocycles. The summed E-state index contributed by atoms with van der Waals surface area (Å²) in [6, 6.07) is 11.0. The Balaban J connectivity index is 1.94. The Kier molecular flexibility index (Phi) is 6.65. The molecule has 2 aromatic carbocycles. The molecule has 0 atom stereocenters. The molecule has 1 aromatic heterocycles. The number of nitrogens with zero attached hydrogens (tertiary/aromatic N) is 3. The summed E-state index contributed by atoms with van der Waals surface area (Å²) in [7, 11) is 0. The number of rotatable bonds is 7. The van der Waals surface area contributed by atoms with Crippen LogP contribution in [0, 0.1) is 10.1 Å². The number of ether oxygens (including phenoxy) is 1. The zero-order valence-electron chi connectivity index (χ0n) is 15.6. The number of aromatic nitrogens is 2. The second kappa shape index (κ2) is 9.38. The van der Waals surface area contributed by atoms with Crippen molar-refractivity contribution in [2.45, 2.75) is 6.92 Å². The van der Waals surface area contributed by atoms with Gasteiger partial charge in [-0.2, -0.15) is 0 Å². The number of halogens is 2. The molecule has 30 heavy (non-hydrogen) atoms. The Bertz CT molecular complexity index is 1110. The molecule has 0 saturated carbocycles. The van der Waals surface area contributed by atoms with Crippen molar-refractivity contribution in [2.75, 3.05) is 17.2 Å². The number of nitro groups is 1. The fourth-order valence-corrected chi connectivity index (χ4v) is 2.98. The van der Waals surface area contributed by atoms with Crippen molar-refractivity contribution in [1.82, 2.24) is 9.97 Å². The van der Waals surface area contributed by atoms with E-state index in [1.165, 1.54) is 12.1 Å². The van der Waals surface area contributed by atoms with Crippen molar-refractivity contribution < 1.29 is 14.5 Å². The lowest BCUT2D eigenvalue weighted by molar-refractivity contribution is -0.383. The average molecular weight is 448 g/mol. The third kappa shape index (κ3) is 4.94. The summed E-state index contributed by atoms with van der Waals surface area (Å²) < 4.78 is 4.97. The maximum absolute atomic E-state index is 11.9. The Morgan fingerprint density at radius 2 is 1.87 bits per heavy atom. The van der Waals surface area contributed by atoms with E-state index in [0.29, 0.717) is 22.0 Å². The van der Waals surface area contributed by atoms with E-state index in [1.807, 2.05) is 0 Å². The summed E-state index contributed by atoms with van der Waals surface area (Å²) >= 11 is 12.0. The van der Waals surface area contributed by atoms with Crippen LogP contribution in [0.4, 0.5) is 28.7 Å². The Morgan fingerprint density at radius 3 is 2.53 bits per heavy atom. The first-order valence-corrected chi connectivity index (χ1v) is 9.40. The lowest BCUT2D eigenvalue weighted by Crippen LogP contribution is -2.07. The second-order valence-corrected chi connectivity index (χ2v) is 6.70. The van der Waals surface area contributed by atoms with Gasteiger partial charge in [-0.15, -0.1) is 0 Å². The fourth-order valence-electron chi connectivity index (χ4n) is 2.53. The molecule has 0 unspecified atom stereocenters. The molecule has 0 bridgehead atoms. The van der Waals surface area contributed by atoms with Crippen molar-refractivity contribution >= 4 is 57.9 Å². The maximum atomic E-state index is 11.9. The van der Waals surface area contributed by atoms with Gasteiger partial charge < -0.3 is 15.4 Å². The number of carbonyl (C=O) groups excluding carboxylic acids is 1. The third-order valence-electron chi connectivity index (χ3n) is 3.83. The van der Waals surface area contributed by atoms with Gasteiger partial charge in [0.05, 0.1) is 27.8 Å². The summed E-state index contributed by atoms with van der Waals surface area (Å²) in [4.78, 5) is 31.0. The first kappa shape index (κ1) is 21.3. The molecule has 0 spiro atoms. The van der Waals surface area contributed by atoms with Crippen LogP contribution in [0.15, 0.2) is 48.8 Å². The highest BCUT2D eigenvalue weighted by molar-refractivity contribution is 6.36. The van der Waals surface area contributed by atoms with Crippen LogP contribution >= 0.6 is 23.2 Å². The highest BCUT2D eigenvalue weighted by Gasteiger charge is 2.24. The molecule has 3 rings (SSSR count). The van der Waals surface area contributed by atoms with Crippen LogP contribution in [0.1, 0.15) is 17.3 Å². The van der Waals surface area contributed by atoms with Crippen LogP contribution in [-0.4, -0.2) is 27.5 Å². The topological polar surface area (TPSA) is 119 Å². The molecule has 2 N–H and O–H groups in total. The third-order valence-corrected chi connectivity index (χ3v) is 4.37. The Hall–Kier alpha value is -3.43. The molecule has 0 aliphatic carbocycles. The van der Waals surface area contributed by atoms with Crippen LogP contribution in [0.3, 0.4) is 0 Å². The average Bonchev–Trinajstić information content (AvgIpc) is 2.70. The molecule has 0 aliphatic rings.